The average molecular weight is 270 g/mol. The first-order valence-corrected chi connectivity index (χ1v) is 6.97. The van der Waals surface area contributed by atoms with Gasteiger partial charge in [-0.2, -0.15) is 0 Å². The van der Waals surface area contributed by atoms with Crippen molar-refractivity contribution in [3.8, 4) is 5.75 Å². The van der Waals surface area contributed by atoms with Crippen molar-refractivity contribution in [2.75, 3.05) is 7.11 Å². The molecular weight excluding hydrogens is 252 g/mol. The van der Waals surface area contributed by atoms with E-state index in [0.717, 1.165) is 17.5 Å². The molecule has 0 heterocycles. The van der Waals surface area contributed by atoms with Gasteiger partial charge in [0, 0.05) is 18.4 Å². The molecule has 0 N–H and O–H groups in total. The Bertz CT molecular complexity index is 602. The molecule has 3 rings (SSSR count). The van der Waals surface area contributed by atoms with Crippen molar-refractivity contribution in [2.45, 2.75) is 31.6 Å². The number of ether oxygens (including phenoxy) is 1. The molecule has 2 atom stereocenters. The van der Waals surface area contributed by atoms with Crippen molar-refractivity contribution >= 4 is 11.6 Å². The third-order valence-corrected chi connectivity index (χ3v) is 4.73. The molecule has 0 amide bonds. The predicted octanol–water partition coefficient (Wildman–Crippen LogP) is 3.29. The molecule has 1 saturated carbocycles. The summed E-state index contributed by atoms with van der Waals surface area (Å²) in [6.07, 6.45) is 4.02. The van der Waals surface area contributed by atoms with Gasteiger partial charge in [0.1, 0.15) is 11.5 Å². The monoisotopic (exact) mass is 270 g/mol. The van der Waals surface area contributed by atoms with Crippen LogP contribution in [0.3, 0.4) is 0 Å². The second-order valence-electron chi connectivity index (χ2n) is 5.74. The third kappa shape index (κ3) is 1.65. The van der Waals surface area contributed by atoms with Gasteiger partial charge in [0.15, 0.2) is 5.78 Å². The lowest BCUT2D eigenvalue weighted by Gasteiger charge is -2.36. The van der Waals surface area contributed by atoms with Crippen LogP contribution in [0.4, 0.5) is 0 Å². The molecule has 0 bridgehead atoms. The average Bonchev–Trinajstić information content (AvgIpc) is 2.68. The quantitative estimate of drug-likeness (QED) is 0.792. The van der Waals surface area contributed by atoms with E-state index in [1.807, 2.05) is 18.2 Å². The van der Waals surface area contributed by atoms with Crippen LogP contribution in [0.25, 0.3) is 0 Å². The second-order valence-corrected chi connectivity index (χ2v) is 5.74. The summed E-state index contributed by atoms with van der Waals surface area (Å²) in [5, 5.41) is 0. The molecule has 0 saturated heterocycles. The van der Waals surface area contributed by atoms with Crippen LogP contribution in [0.5, 0.6) is 5.75 Å². The van der Waals surface area contributed by atoms with E-state index in [2.05, 4.69) is 6.58 Å². The van der Waals surface area contributed by atoms with Crippen LogP contribution in [0.1, 0.15) is 47.5 Å². The van der Waals surface area contributed by atoms with E-state index in [4.69, 9.17) is 4.74 Å². The van der Waals surface area contributed by atoms with Crippen LogP contribution in [0.15, 0.2) is 30.9 Å². The summed E-state index contributed by atoms with van der Waals surface area (Å²) >= 11 is 0. The Hall–Kier alpha value is -1.90. The number of hydrogen-bond acceptors (Lipinski definition) is 3. The molecule has 3 heteroatoms. The van der Waals surface area contributed by atoms with E-state index in [0.29, 0.717) is 25.0 Å². The minimum Gasteiger partial charge on any atom is -0.497 e. The van der Waals surface area contributed by atoms with Crippen molar-refractivity contribution in [3.05, 3.63) is 42.0 Å². The number of Topliss-reactive ketones (excluding diaryl/α,β-unsaturated/α-hetero) is 2. The molecule has 0 aliphatic heterocycles. The number of allylic oxidation sites excluding steroid dienone is 1. The molecule has 0 aromatic heterocycles. The lowest BCUT2D eigenvalue weighted by atomic mass is 9.64. The number of carbonyl (C=O) groups excluding carboxylic acids is 2. The Morgan fingerprint density at radius 3 is 2.95 bits per heavy atom. The lowest BCUT2D eigenvalue weighted by Crippen LogP contribution is -2.37. The summed E-state index contributed by atoms with van der Waals surface area (Å²) in [4.78, 5) is 24.8. The van der Waals surface area contributed by atoms with Crippen molar-refractivity contribution in [3.63, 3.8) is 0 Å². The van der Waals surface area contributed by atoms with Gasteiger partial charge in [-0.05, 0) is 36.5 Å². The molecule has 2 aliphatic carbocycles. The van der Waals surface area contributed by atoms with Gasteiger partial charge in [0.25, 0.3) is 0 Å². The van der Waals surface area contributed by atoms with Crippen molar-refractivity contribution in [1.29, 1.82) is 0 Å². The highest BCUT2D eigenvalue weighted by Crippen LogP contribution is 2.56. The fourth-order valence-electron chi connectivity index (χ4n) is 3.83. The third-order valence-electron chi connectivity index (χ3n) is 4.73. The lowest BCUT2D eigenvalue weighted by molar-refractivity contribution is -0.123. The zero-order valence-corrected chi connectivity index (χ0v) is 11.6. The van der Waals surface area contributed by atoms with E-state index in [1.54, 1.807) is 13.2 Å². The van der Waals surface area contributed by atoms with Gasteiger partial charge >= 0.3 is 0 Å². The fraction of sp³-hybridized carbons (Fsp3) is 0.412. The van der Waals surface area contributed by atoms with Gasteiger partial charge in [-0.1, -0.05) is 12.1 Å². The van der Waals surface area contributed by atoms with Crippen LogP contribution in [-0.2, 0) is 4.79 Å². The second kappa shape index (κ2) is 4.58. The van der Waals surface area contributed by atoms with Gasteiger partial charge in [-0.25, -0.2) is 0 Å². The molecule has 104 valence electrons. The van der Waals surface area contributed by atoms with E-state index < -0.39 is 5.41 Å². The maximum Gasteiger partial charge on any atom is 0.170 e. The van der Waals surface area contributed by atoms with Crippen LogP contribution in [0.2, 0.25) is 0 Å². The number of ketones is 2. The minimum atomic E-state index is -0.591. The standard InChI is InChI=1S/C17H18O3/c1-3-8-17-10-11(18)4-7-15(17)13-6-5-12(20-2)9-14(13)16(17)19/h3,5-6,9,15H,1,4,7-8,10H2,2H3/t15-,17+/m1/s1. The molecule has 3 nitrogen and oxygen atoms in total. The summed E-state index contributed by atoms with van der Waals surface area (Å²) in [6.45, 7) is 3.78. The minimum absolute atomic E-state index is 0.0874. The first-order valence-electron chi connectivity index (χ1n) is 6.97. The topological polar surface area (TPSA) is 43.4 Å². The van der Waals surface area contributed by atoms with E-state index >= 15 is 0 Å². The van der Waals surface area contributed by atoms with Gasteiger partial charge in [-0.15, -0.1) is 6.58 Å². The molecule has 2 aliphatic rings. The molecule has 1 aromatic carbocycles. The maximum absolute atomic E-state index is 12.9. The molecular formula is C17H18O3. The summed E-state index contributed by atoms with van der Waals surface area (Å²) in [7, 11) is 1.59. The van der Waals surface area contributed by atoms with E-state index in [9.17, 15) is 9.59 Å². The van der Waals surface area contributed by atoms with Gasteiger partial charge in [0.05, 0.1) is 12.5 Å². The molecule has 1 fully saturated rings. The molecule has 0 radical (unpaired) electrons. The Labute approximate surface area is 118 Å². The summed E-state index contributed by atoms with van der Waals surface area (Å²) in [5.41, 5.74) is 1.21. The number of benzene rings is 1. The largest absolute Gasteiger partial charge is 0.497 e. The Morgan fingerprint density at radius 2 is 2.25 bits per heavy atom. The van der Waals surface area contributed by atoms with Gasteiger partial charge in [0.2, 0.25) is 0 Å². The van der Waals surface area contributed by atoms with Crippen LogP contribution < -0.4 is 4.74 Å². The van der Waals surface area contributed by atoms with Crippen molar-refractivity contribution in [2.24, 2.45) is 5.41 Å². The van der Waals surface area contributed by atoms with Crippen LogP contribution in [0, 0.1) is 5.41 Å². The zero-order valence-electron chi connectivity index (χ0n) is 11.6. The summed E-state index contributed by atoms with van der Waals surface area (Å²) in [6, 6.07) is 5.69. The van der Waals surface area contributed by atoms with Crippen LogP contribution in [-0.4, -0.2) is 18.7 Å². The van der Waals surface area contributed by atoms with Gasteiger partial charge < -0.3 is 4.74 Å². The predicted molar refractivity (Wildman–Crippen MR) is 76.2 cm³/mol. The first kappa shape index (κ1) is 13.1. The summed E-state index contributed by atoms with van der Waals surface area (Å²) in [5.74, 6) is 1.11. The maximum atomic E-state index is 12.9. The van der Waals surface area contributed by atoms with Crippen molar-refractivity contribution < 1.29 is 14.3 Å². The first-order chi connectivity index (χ1) is 9.62. The normalized spacial score (nSPS) is 27.9. The molecule has 20 heavy (non-hydrogen) atoms. The number of methoxy groups -OCH3 is 1. The molecule has 0 unspecified atom stereocenters. The molecule has 0 spiro atoms. The Kier molecular flexibility index (Phi) is 3.00. The SMILES string of the molecule is C=CC[C@]12CC(=O)CC[C@@H]1c1ccc(OC)cc1C2=O. The highest BCUT2D eigenvalue weighted by molar-refractivity contribution is 6.09. The number of fused-ring (bicyclic) bond motifs is 3. The Balaban J connectivity index is 2.14. The highest BCUT2D eigenvalue weighted by atomic mass is 16.5. The van der Waals surface area contributed by atoms with Crippen LogP contribution >= 0.6 is 0 Å². The summed E-state index contributed by atoms with van der Waals surface area (Å²) < 4.78 is 5.22. The highest BCUT2D eigenvalue weighted by Gasteiger charge is 2.54. The molecule has 1 aromatic rings. The van der Waals surface area contributed by atoms with E-state index in [1.165, 1.54) is 0 Å². The fourth-order valence-corrected chi connectivity index (χ4v) is 3.83. The van der Waals surface area contributed by atoms with Gasteiger partial charge in [-0.3, -0.25) is 9.59 Å². The zero-order chi connectivity index (χ0) is 14.3. The Morgan fingerprint density at radius 1 is 1.45 bits per heavy atom. The number of carbonyl (C=O) groups is 2. The van der Waals surface area contributed by atoms with E-state index in [-0.39, 0.29) is 17.5 Å². The number of hydrogen-bond donors (Lipinski definition) is 0. The smallest absolute Gasteiger partial charge is 0.170 e. The van der Waals surface area contributed by atoms with Crippen molar-refractivity contribution in [1.82, 2.24) is 0 Å². The number of rotatable bonds is 3.